The predicted molar refractivity (Wildman–Crippen MR) is 105 cm³/mol. The standard InChI is InChI=1S/C20H25N3O4/c1-15-9-4-7-12-19(15)27-14-8-13-22(3)16(2)20(24)21-17-10-5-6-11-18(17)23(25)26/h4-7,9-12,16H,8,13-14H2,1-3H3,(H,21,24). The summed E-state index contributed by atoms with van der Waals surface area (Å²) >= 11 is 0. The molecular formula is C20H25N3O4. The van der Waals surface area contributed by atoms with E-state index in [4.69, 9.17) is 4.74 Å². The minimum atomic E-state index is -0.507. The van der Waals surface area contributed by atoms with Gasteiger partial charge in [0.05, 0.1) is 17.6 Å². The van der Waals surface area contributed by atoms with Gasteiger partial charge in [-0.3, -0.25) is 19.8 Å². The second-order valence-corrected chi connectivity index (χ2v) is 6.39. The van der Waals surface area contributed by atoms with Crippen molar-refractivity contribution in [2.75, 3.05) is 25.5 Å². The minimum Gasteiger partial charge on any atom is -0.493 e. The number of likely N-dealkylation sites (N-methyl/N-ethyl adjacent to an activating group) is 1. The summed E-state index contributed by atoms with van der Waals surface area (Å²) in [5, 5.41) is 13.7. The monoisotopic (exact) mass is 371 g/mol. The molecule has 1 unspecified atom stereocenters. The van der Waals surface area contributed by atoms with Gasteiger partial charge in [-0.1, -0.05) is 30.3 Å². The maximum Gasteiger partial charge on any atom is 0.292 e. The second-order valence-electron chi connectivity index (χ2n) is 6.39. The van der Waals surface area contributed by atoms with Gasteiger partial charge in [-0.15, -0.1) is 0 Å². The van der Waals surface area contributed by atoms with Gasteiger partial charge >= 0.3 is 0 Å². The van der Waals surface area contributed by atoms with Crippen LogP contribution in [0.25, 0.3) is 0 Å². The maximum absolute atomic E-state index is 12.4. The van der Waals surface area contributed by atoms with E-state index in [9.17, 15) is 14.9 Å². The van der Waals surface area contributed by atoms with E-state index >= 15 is 0 Å². The molecule has 0 aliphatic heterocycles. The number of anilines is 1. The largest absolute Gasteiger partial charge is 0.493 e. The van der Waals surface area contributed by atoms with Crippen LogP contribution in [0.5, 0.6) is 5.75 Å². The topological polar surface area (TPSA) is 84.7 Å². The van der Waals surface area contributed by atoms with Crippen molar-refractivity contribution in [3.8, 4) is 5.75 Å². The first-order chi connectivity index (χ1) is 12.9. The van der Waals surface area contributed by atoms with Crippen LogP contribution in [0.2, 0.25) is 0 Å². The van der Waals surface area contributed by atoms with Gasteiger partial charge in [0.1, 0.15) is 11.4 Å². The summed E-state index contributed by atoms with van der Waals surface area (Å²) < 4.78 is 5.76. The highest BCUT2D eigenvalue weighted by atomic mass is 16.6. The Labute approximate surface area is 159 Å². The van der Waals surface area contributed by atoms with Gasteiger partial charge in [0.15, 0.2) is 0 Å². The fourth-order valence-electron chi connectivity index (χ4n) is 2.58. The number of hydrogen-bond acceptors (Lipinski definition) is 5. The van der Waals surface area contributed by atoms with Gasteiger partial charge in [0.2, 0.25) is 5.91 Å². The first-order valence-corrected chi connectivity index (χ1v) is 8.83. The Morgan fingerprint density at radius 2 is 1.89 bits per heavy atom. The fourth-order valence-corrected chi connectivity index (χ4v) is 2.58. The van der Waals surface area contributed by atoms with Gasteiger partial charge in [-0.2, -0.15) is 0 Å². The van der Waals surface area contributed by atoms with Gasteiger partial charge in [-0.05, 0) is 45.0 Å². The van der Waals surface area contributed by atoms with Crippen LogP contribution >= 0.6 is 0 Å². The highest BCUT2D eigenvalue weighted by molar-refractivity contribution is 5.96. The highest BCUT2D eigenvalue weighted by Crippen LogP contribution is 2.23. The number of hydrogen-bond donors (Lipinski definition) is 1. The van der Waals surface area contributed by atoms with Crippen molar-refractivity contribution in [1.29, 1.82) is 0 Å². The van der Waals surface area contributed by atoms with Crippen LogP contribution in [0.15, 0.2) is 48.5 Å². The molecule has 2 aromatic carbocycles. The lowest BCUT2D eigenvalue weighted by atomic mass is 10.2. The number of carbonyl (C=O) groups is 1. The molecule has 0 aromatic heterocycles. The SMILES string of the molecule is Cc1ccccc1OCCCN(C)C(C)C(=O)Nc1ccccc1[N+](=O)[O-]. The van der Waals surface area contributed by atoms with Crippen molar-refractivity contribution in [2.45, 2.75) is 26.3 Å². The van der Waals surface area contributed by atoms with E-state index in [0.717, 1.165) is 17.7 Å². The molecule has 1 atom stereocenters. The molecule has 2 aromatic rings. The molecule has 144 valence electrons. The molecule has 0 saturated heterocycles. The number of amides is 1. The Morgan fingerprint density at radius 1 is 1.22 bits per heavy atom. The zero-order chi connectivity index (χ0) is 19.8. The quantitative estimate of drug-likeness (QED) is 0.413. The summed E-state index contributed by atoms with van der Waals surface area (Å²) in [6.07, 6.45) is 0.758. The van der Waals surface area contributed by atoms with Crippen molar-refractivity contribution >= 4 is 17.3 Å². The zero-order valence-electron chi connectivity index (χ0n) is 15.8. The van der Waals surface area contributed by atoms with E-state index in [1.807, 2.05) is 43.1 Å². The summed E-state index contributed by atoms with van der Waals surface area (Å²) in [4.78, 5) is 24.9. The molecule has 0 radical (unpaired) electrons. The van der Waals surface area contributed by atoms with Crippen LogP contribution in [0, 0.1) is 17.0 Å². The Balaban J connectivity index is 1.82. The van der Waals surface area contributed by atoms with Crippen molar-refractivity contribution in [3.05, 3.63) is 64.2 Å². The number of benzene rings is 2. The van der Waals surface area contributed by atoms with Crippen molar-refractivity contribution in [1.82, 2.24) is 4.90 Å². The number of nitrogens with zero attached hydrogens (tertiary/aromatic N) is 2. The van der Waals surface area contributed by atoms with Crippen LogP contribution < -0.4 is 10.1 Å². The van der Waals surface area contributed by atoms with Gasteiger partial charge in [0, 0.05) is 12.6 Å². The van der Waals surface area contributed by atoms with Gasteiger partial charge in [-0.25, -0.2) is 0 Å². The normalized spacial score (nSPS) is 11.9. The molecule has 0 spiro atoms. The molecule has 1 amide bonds. The molecule has 0 saturated carbocycles. The Kier molecular flexibility index (Phi) is 7.31. The number of rotatable bonds is 9. The van der Waals surface area contributed by atoms with Crippen LogP contribution in [0.3, 0.4) is 0 Å². The van der Waals surface area contributed by atoms with Crippen LogP contribution in [0.1, 0.15) is 18.9 Å². The summed E-state index contributed by atoms with van der Waals surface area (Å²) in [6, 6.07) is 13.5. The molecule has 0 heterocycles. The molecule has 27 heavy (non-hydrogen) atoms. The molecule has 2 rings (SSSR count). The summed E-state index contributed by atoms with van der Waals surface area (Å²) in [5.41, 5.74) is 1.17. The molecule has 0 aliphatic rings. The molecule has 7 heteroatoms. The molecule has 0 fully saturated rings. The highest BCUT2D eigenvalue weighted by Gasteiger charge is 2.21. The third kappa shape index (κ3) is 5.79. The average Bonchev–Trinajstić information content (AvgIpc) is 2.65. The number of nitro groups is 1. The van der Waals surface area contributed by atoms with Crippen molar-refractivity contribution in [2.24, 2.45) is 0 Å². The van der Waals surface area contributed by atoms with Crippen LogP contribution in [-0.2, 0) is 4.79 Å². The number of aryl methyl sites for hydroxylation is 1. The van der Waals surface area contributed by atoms with E-state index in [1.165, 1.54) is 12.1 Å². The second kappa shape index (κ2) is 9.68. The van der Waals surface area contributed by atoms with Crippen LogP contribution in [0.4, 0.5) is 11.4 Å². The van der Waals surface area contributed by atoms with E-state index in [2.05, 4.69) is 5.32 Å². The Bertz CT molecular complexity index is 794. The van der Waals surface area contributed by atoms with Crippen molar-refractivity contribution < 1.29 is 14.5 Å². The third-order valence-corrected chi connectivity index (χ3v) is 4.41. The number of para-hydroxylation sites is 3. The lowest BCUT2D eigenvalue weighted by Gasteiger charge is -2.23. The number of nitro benzene ring substituents is 1. The van der Waals surface area contributed by atoms with E-state index in [-0.39, 0.29) is 17.3 Å². The molecule has 7 nitrogen and oxygen atoms in total. The lowest BCUT2D eigenvalue weighted by Crippen LogP contribution is -2.40. The number of ether oxygens (including phenoxy) is 1. The van der Waals surface area contributed by atoms with Gasteiger partial charge in [0.25, 0.3) is 5.69 Å². The summed E-state index contributed by atoms with van der Waals surface area (Å²) in [5.74, 6) is 0.578. The van der Waals surface area contributed by atoms with Crippen molar-refractivity contribution in [3.63, 3.8) is 0 Å². The Morgan fingerprint density at radius 3 is 2.59 bits per heavy atom. The average molecular weight is 371 g/mol. The third-order valence-electron chi connectivity index (χ3n) is 4.41. The first-order valence-electron chi connectivity index (χ1n) is 8.83. The van der Waals surface area contributed by atoms with E-state index < -0.39 is 11.0 Å². The molecule has 0 bridgehead atoms. The zero-order valence-corrected chi connectivity index (χ0v) is 15.8. The van der Waals surface area contributed by atoms with Gasteiger partial charge < -0.3 is 10.1 Å². The lowest BCUT2D eigenvalue weighted by molar-refractivity contribution is -0.383. The molecule has 1 N–H and O–H groups in total. The predicted octanol–water partition coefficient (Wildman–Crippen LogP) is 3.63. The smallest absolute Gasteiger partial charge is 0.292 e. The minimum absolute atomic E-state index is 0.118. The molecular weight excluding hydrogens is 346 g/mol. The summed E-state index contributed by atoms with van der Waals surface area (Å²) in [7, 11) is 1.84. The number of nitrogens with one attached hydrogen (secondary N) is 1. The molecule has 0 aliphatic carbocycles. The summed E-state index contributed by atoms with van der Waals surface area (Å²) in [6.45, 7) is 4.98. The fraction of sp³-hybridized carbons (Fsp3) is 0.350. The maximum atomic E-state index is 12.4. The number of carbonyl (C=O) groups excluding carboxylic acids is 1. The van der Waals surface area contributed by atoms with E-state index in [1.54, 1.807) is 19.1 Å². The first kappa shape index (κ1) is 20.4. The Hall–Kier alpha value is -2.93. The van der Waals surface area contributed by atoms with E-state index in [0.29, 0.717) is 13.2 Å². The van der Waals surface area contributed by atoms with Crippen LogP contribution in [-0.4, -0.2) is 42.0 Å².